The number of aromatic nitrogens is 2. The molecule has 2 unspecified atom stereocenters. The lowest BCUT2D eigenvalue weighted by Gasteiger charge is -2.41. The van der Waals surface area contributed by atoms with Crippen LogP contribution in [0.15, 0.2) is 17.3 Å². The molecule has 3 aliphatic rings. The minimum atomic E-state index is -4.06. The van der Waals surface area contributed by atoms with E-state index in [1.807, 2.05) is 11.0 Å². The summed E-state index contributed by atoms with van der Waals surface area (Å²) in [5, 5.41) is 22.2. The van der Waals surface area contributed by atoms with Crippen LogP contribution in [0.5, 0.6) is 0 Å². The molecule has 5 heterocycles. The molecule has 262 valence electrons. The summed E-state index contributed by atoms with van der Waals surface area (Å²) >= 11 is 0.800. The molecule has 2 N–H and O–H groups in total. The van der Waals surface area contributed by atoms with Gasteiger partial charge in [-0.15, -0.1) is 11.3 Å². The van der Waals surface area contributed by atoms with Crippen LogP contribution in [0, 0.1) is 23.0 Å². The second-order valence-corrected chi connectivity index (χ2v) is 16.6. The van der Waals surface area contributed by atoms with Crippen LogP contribution in [0.4, 0.5) is 29.2 Å². The van der Waals surface area contributed by atoms with E-state index < -0.39 is 44.4 Å². The van der Waals surface area contributed by atoms with Gasteiger partial charge in [0.05, 0.1) is 34.6 Å². The van der Waals surface area contributed by atoms with E-state index in [2.05, 4.69) is 15.3 Å². The van der Waals surface area contributed by atoms with Gasteiger partial charge in [0.2, 0.25) is 15.0 Å². The summed E-state index contributed by atoms with van der Waals surface area (Å²) in [4.78, 5) is 36.6. The minimum absolute atomic E-state index is 0.00427. The Kier molecular flexibility index (Phi) is 8.11. The van der Waals surface area contributed by atoms with Crippen molar-refractivity contribution in [1.82, 2.24) is 14.9 Å². The molecular weight excluding hydrogens is 695 g/mol. The van der Waals surface area contributed by atoms with Gasteiger partial charge >= 0.3 is 12.2 Å². The van der Waals surface area contributed by atoms with E-state index in [0.717, 1.165) is 17.4 Å². The summed E-state index contributed by atoms with van der Waals surface area (Å²) < 4.78 is 70.5. The Labute approximate surface area is 289 Å². The average Bonchev–Trinajstić information content (AvgIpc) is 3.74. The summed E-state index contributed by atoms with van der Waals surface area (Å²) in [6.07, 6.45) is -0.677. The number of nitrogens with one attached hydrogen (secondary N) is 1. The van der Waals surface area contributed by atoms with Crippen molar-refractivity contribution in [3.05, 3.63) is 40.5 Å². The molecule has 0 spiro atoms. The van der Waals surface area contributed by atoms with E-state index >= 15 is 8.78 Å². The quantitative estimate of drug-likeness (QED) is 0.225. The second kappa shape index (κ2) is 12.0. The number of nitrogens with zero attached hydrogens (tertiary/aromatic N) is 5. The maximum Gasteiger partial charge on any atom is 0.412 e. The van der Waals surface area contributed by atoms with Gasteiger partial charge in [-0.3, -0.25) is 5.32 Å². The van der Waals surface area contributed by atoms with Crippen LogP contribution >= 0.6 is 11.3 Å². The highest BCUT2D eigenvalue weighted by Gasteiger charge is 2.44. The number of amides is 2. The van der Waals surface area contributed by atoms with Crippen molar-refractivity contribution in [3.8, 4) is 17.2 Å². The zero-order chi connectivity index (χ0) is 35.9. The smallest absolute Gasteiger partial charge is 0.412 e. The number of likely N-dealkylation sites (tertiary alicyclic amines) is 1. The monoisotopic (exact) mass is 726 g/mol. The molecule has 0 radical (unpaired) electrons. The molecule has 0 saturated carbocycles. The lowest BCUT2D eigenvalue weighted by atomic mass is 9.90. The lowest BCUT2D eigenvalue weighted by Crippen LogP contribution is -2.55. The largest absolute Gasteiger partial charge is 0.465 e. The molecule has 2 aromatic carbocycles. The van der Waals surface area contributed by atoms with Gasteiger partial charge in [-0.2, -0.15) is 5.26 Å². The zero-order valence-corrected chi connectivity index (χ0v) is 29.1. The van der Waals surface area contributed by atoms with Gasteiger partial charge in [0.25, 0.3) is 0 Å². The molecule has 7 rings (SSSR count). The summed E-state index contributed by atoms with van der Waals surface area (Å²) in [5.74, 6) is -1.78. The molecule has 2 fully saturated rings. The predicted octanol–water partition coefficient (Wildman–Crippen LogP) is 6.16. The number of carbonyl (C=O) groups is 2. The number of fused-ring (bicyclic) bond motifs is 6. The number of rotatable bonds is 5. The van der Waals surface area contributed by atoms with E-state index in [-0.39, 0.29) is 92.6 Å². The average molecular weight is 727 g/mol. The van der Waals surface area contributed by atoms with Crippen LogP contribution in [0.1, 0.15) is 57.2 Å². The first-order valence-corrected chi connectivity index (χ1v) is 18.4. The number of benzene rings is 2. The normalized spacial score (nSPS) is 18.8. The Hall–Kier alpha value is -4.66. The van der Waals surface area contributed by atoms with E-state index in [9.17, 15) is 28.4 Å². The third-order valence-corrected chi connectivity index (χ3v) is 11.8. The number of carbonyl (C=O) groups excluding carboxylic acids is 1. The Morgan fingerprint density at radius 2 is 1.82 bits per heavy atom. The Balaban J connectivity index is 1.49. The van der Waals surface area contributed by atoms with Gasteiger partial charge in [0.1, 0.15) is 33.8 Å². The fourth-order valence-corrected chi connectivity index (χ4v) is 8.89. The molecule has 50 heavy (non-hydrogen) atoms. The molecule has 4 aromatic rings. The van der Waals surface area contributed by atoms with E-state index in [1.165, 1.54) is 17.9 Å². The number of anilines is 2. The molecule has 17 heteroatoms. The number of halogens is 2. The number of nitriles is 1. The van der Waals surface area contributed by atoms with Crippen molar-refractivity contribution in [1.29, 1.82) is 5.26 Å². The number of carboxylic acid groups (broad SMARTS) is 1. The number of thiophene rings is 1. The highest BCUT2D eigenvalue weighted by Crippen LogP contribution is 2.49. The standard InChI is InChI=1S/C33H32F2N6O7S2/c1-5-50(45,46)30-37-26-24(28(38-30)41-15-6-7-16(41)12-40(11-15)32(43)44)20-14-47-13-19(20)22(25(26)35)17-8-9-21(34)27-23(17)18(10-36)29(49-27)39-31(42)48-33(2,3)4/h8-9,15-16H,5-7,11-14H2,1-4H3,(H,39,42)(H,43,44). The third-order valence-electron chi connectivity index (χ3n) is 9.20. The summed E-state index contributed by atoms with van der Waals surface area (Å²) in [6.45, 7) is 6.69. The van der Waals surface area contributed by atoms with Gasteiger partial charge in [0.15, 0.2) is 5.82 Å². The first kappa shape index (κ1) is 33.8. The van der Waals surface area contributed by atoms with Gasteiger partial charge in [0, 0.05) is 36.1 Å². The van der Waals surface area contributed by atoms with E-state index in [0.29, 0.717) is 24.0 Å². The molecule has 3 aliphatic heterocycles. The van der Waals surface area contributed by atoms with Gasteiger partial charge in [-0.1, -0.05) is 13.0 Å². The van der Waals surface area contributed by atoms with E-state index in [1.54, 1.807) is 20.8 Å². The maximum absolute atomic E-state index is 17.4. The van der Waals surface area contributed by atoms with Gasteiger partial charge in [-0.25, -0.2) is 36.8 Å². The molecule has 2 saturated heterocycles. The first-order chi connectivity index (χ1) is 23.6. The van der Waals surface area contributed by atoms with Crippen LogP contribution in [0.2, 0.25) is 0 Å². The Bertz CT molecular complexity index is 2270. The minimum Gasteiger partial charge on any atom is -0.465 e. The van der Waals surface area contributed by atoms with Crippen LogP contribution in [0.3, 0.4) is 0 Å². The summed E-state index contributed by atoms with van der Waals surface area (Å²) in [7, 11) is -4.06. The maximum atomic E-state index is 17.4. The first-order valence-electron chi connectivity index (χ1n) is 15.9. The van der Waals surface area contributed by atoms with Crippen molar-refractivity contribution in [2.75, 3.05) is 29.1 Å². The fraction of sp³-hybridized carbons (Fsp3) is 0.424. The molecule has 2 bridgehead atoms. The van der Waals surface area contributed by atoms with Crippen LogP contribution in [0.25, 0.3) is 32.1 Å². The van der Waals surface area contributed by atoms with Crippen LogP contribution < -0.4 is 10.2 Å². The SMILES string of the molecule is CCS(=O)(=O)c1nc(N2C3CCC2CN(C(=O)O)C3)c2c3c(c(-c4ccc(F)c5sc(NC(=O)OC(C)(C)C)c(C#N)c45)c(F)c2n1)COC3. The molecular formula is C33H32F2N6O7S2. The molecule has 2 aromatic heterocycles. The lowest BCUT2D eigenvalue weighted by molar-refractivity contribution is 0.0636. The predicted molar refractivity (Wildman–Crippen MR) is 180 cm³/mol. The number of hydrogen-bond acceptors (Lipinski definition) is 11. The van der Waals surface area contributed by atoms with Crippen LogP contribution in [-0.2, 0) is 32.5 Å². The Morgan fingerprint density at radius 1 is 1.14 bits per heavy atom. The summed E-state index contributed by atoms with van der Waals surface area (Å²) in [5.41, 5.74) is -0.272. The Morgan fingerprint density at radius 3 is 2.44 bits per heavy atom. The number of piperazine rings is 1. The van der Waals surface area contributed by atoms with Crippen molar-refractivity contribution in [3.63, 3.8) is 0 Å². The molecule has 0 aliphatic carbocycles. The highest BCUT2D eigenvalue weighted by atomic mass is 32.2. The number of hydrogen-bond donors (Lipinski definition) is 2. The van der Waals surface area contributed by atoms with Crippen molar-refractivity contribution in [2.45, 2.75) is 76.6 Å². The van der Waals surface area contributed by atoms with Crippen molar-refractivity contribution < 1.29 is 41.4 Å². The number of sulfone groups is 1. The third kappa shape index (κ3) is 5.46. The highest BCUT2D eigenvalue weighted by molar-refractivity contribution is 7.91. The fourth-order valence-electron chi connectivity index (χ4n) is 7.10. The topological polar surface area (TPSA) is 175 Å². The van der Waals surface area contributed by atoms with Gasteiger partial charge in [-0.05, 0) is 56.4 Å². The molecule has 13 nitrogen and oxygen atoms in total. The van der Waals surface area contributed by atoms with E-state index in [4.69, 9.17) is 9.47 Å². The van der Waals surface area contributed by atoms with Gasteiger partial charge < -0.3 is 24.4 Å². The zero-order valence-electron chi connectivity index (χ0n) is 27.5. The van der Waals surface area contributed by atoms with Crippen molar-refractivity contribution >= 4 is 65.2 Å². The second-order valence-electron chi connectivity index (χ2n) is 13.4. The molecule has 2 amide bonds. The van der Waals surface area contributed by atoms with Crippen molar-refractivity contribution in [2.24, 2.45) is 0 Å². The number of ether oxygens (including phenoxy) is 2. The summed E-state index contributed by atoms with van der Waals surface area (Å²) in [6, 6.07) is 3.83. The van der Waals surface area contributed by atoms with Crippen LogP contribution in [-0.4, -0.2) is 77.1 Å². The molecule has 2 atom stereocenters.